The molecule has 6 heteroatoms. The van der Waals surface area contributed by atoms with Gasteiger partial charge in [0.1, 0.15) is 0 Å². The average Bonchev–Trinajstić information content (AvgIpc) is 3.28. The van der Waals surface area contributed by atoms with Gasteiger partial charge in [-0.2, -0.15) is 0 Å². The van der Waals surface area contributed by atoms with Gasteiger partial charge in [0.25, 0.3) is 0 Å². The molecule has 1 unspecified atom stereocenters. The van der Waals surface area contributed by atoms with E-state index in [2.05, 4.69) is 19.2 Å². The van der Waals surface area contributed by atoms with Crippen molar-refractivity contribution in [2.45, 2.75) is 26.2 Å². The van der Waals surface area contributed by atoms with Crippen molar-refractivity contribution in [1.29, 1.82) is 0 Å². The number of nitrogens with one attached hydrogen (secondary N) is 1. The number of hydrogen-bond acceptors (Lipinski definition) is 4. The summed E-state index contributed by atoms with van der Waals surface area (Å²) in [5.74, 6) is 1.14. The van der Waals surface area contributed by atoms with Gasteiger partial charge in [0.15, 0.2) is 11.5 Å². The zero-order valence-corrected chi connectivity index (χ0v) is 15.4. The van der Waals surface area contributed by atoms with Crippen molar-refractivity contribution in [3.8, 4) is 11.5 Å². The Morgan fingerprint density at radius 2 is 1.85 bits per heavy atom. The summed E-state index contributed by atoms with van der Waals surface area (Å²) in [5.41, 5.74) is 2.70. The third-order valence-corrected chi connectivity index (χ3v) is 5.01. The Hall–Kier alpha value is -3.02. The molecule has 1 saturated heterocycles. The maximum Gasteiger partial charge on any atom is 0.231 e. The maximum atomic E-state index is 12.6. The standard InChI is InChI=1S/C21H22N2O4/c1-13(2)14-3-6-17(7-4-14)23-11-15(9-20(23)24)21(25)22-16-5-8-18-19(10-16)27-12-26-18/h3-8,10,13,15H,9,11-12H2,1-2H3,(H,22,25). The number of carbonyl (C=O) groups is 2. The lowest BCUT2D eigenvalue weighted by molar-refractivity contribution is -0.122. The molecule has 6 nitrogen and oxygen atoms in total. The lowest BCUT2D eigenvalue weighted by Gasteiger charge is -2.18. The molecule has 1 N–H and O–H groups in total. The van der Waals surface area contributed by atoms with Crippen LogP contribution in [0.25, 0.3) is 0 Å². The second-order valence-corrected chi connectivity index (χ2v) is 7.21. The SMILES string of the molecule is CC(C)c1ccc(N2CC(C(=O)Nc3ccc4c(c3)OCO4)CC2=O)cc1. The van der Waals surface area contributed by atoms with Gasteiger partial charge in [0, 0.05) is 30.4 Å². The summed E-state index contributed by atoms with van der Waals surface area (Å²) in [6.45, 7) is 4.84. The Kier molecular flexibility index (Phi) is 4.48. The van der Waals surface area contributed by atoms with Crippen molar-refractivity contribution in [2.24, 2.45) is 5.92 Å². The van der Waals surface area contributed by atoms with E-state index in [1.807, 2.05) is 24.3 Å². The van der Waals surface area contributed by atoms with Crippen molar-refractivity contribution in [3.05, 3.63) is 48.0 Å². The minimum Gasteiger partial charge on any atom is -0.454 e. The molecule has 140 valence electrons. The summed E-state index contributed by atoms with van der Waals surface area (Å²) < 4.78 is 10.6. The van der Waals surface area contributed by atoms with Gasteiger partial charge in [0.2, 0.25) is 18.6 Å². The Morgan fingerprint density at radius 1 is 1.11 bits per heavy atom. The van der Waals surface area contributed by atoms with Crippen molar-refractivity contribution in [3.63, 3.8) is 0 Å². The summed E-state index contributed by atoms with van der Waals surface area (Å²) in [6, 6.07) is 13.2. The molecule has 4 rings (SSSR count). The molecule has 1 atom stereocenters. The van der Waals surface area contributed by atoms with Crippen LogP contribution >= 0.6 is 0 Å². The van der Waals surface area contributed by atoms with Crippen LogP contribution in [0.1, 0.15) is 31.7 Å². The van der Waals surface area contributed by atoms with E-state index in [0.29, 0.717) is 29.6 Å². The van der Waals surface area contributed by atoms with Gasteiger partial charge in [0.05, 0.1) is 5.92 Å². The van der Waals surface area contributed by atoms with E-state index < -0.39 is 0 Å². The molecular formula is C21H22N2O4. The second-order valence-electron chi connectivity index (χ2n) is 7.21. The van der Waals surface area contributed by atoms with Crippen LogP contribution in [-0.2, 0) is 9.59 Å². The molecule has 2 aliphatic rings. The van der Waals surface area contributed by atoms with E-state index in [1.165, 1.54) is 5.56 Å². The highest BCUT2D eigenvalue weighted by atomic mass is 16.7. The van der Waals surface area contributed by atoms with Crippen molar-refractivity contribution < 1.29 is 19.1 Å². The number of fused-ring (bicyclic) bond motifs is 1. The molecule has 2 aromatic carbocycles. The number of benzene rings is 2. The van der Waals surface area contributed by atoms with Crippen LogP contribution in [0.5, 0.6) is 11.5 Å². The molecule has 2 amide bonds. The van der Waals surface area contributed by atoms with E-state index in [-0.39, 0.29) is 30.9 Å². The highest BCUT2D eigenvalue weighted by Crippen LogP contribution is 2.34. The predicted molar refractivity (Wildman–Crippen MR) is 102 cm³/mol. The topological polar surface area (TPSA) is 67.9 Å². The van der Waals surface area contributed by atoms with Crippen molar-refractivity contribution >= 4 is 23.2 Å². The lowest BCUT2D eigenvalue weighted by Crippen LogP contribution is -2.28. The van der Waals surface area contributed by atoms with Gasteiger partial charge < -0.3 is 19.7 Å². The Morgan fingerprint density at radius 3 is 2.59 bits per heavy atom. The molecule has 2 aromatic rings. The Bertz CT molecular complexity index is 876. The number of hydrogen-bond donors (Lipinski definition) is 1. The third kappa shape index (κ3) is 3.47. The van der Waals surface area contributed by atoms with E-state index in [9.17, 15) is 9.59 Å². The summed E-state index contributed by atoms with van der Waals surface area (Å²) in [5, 5.41) is 2.88. The van der Waals surface area contributed by atoms with E-state index in [4.69, 9.17) is 9.47 Å². The van der Waals surface area contributed by atoms with E-state index in [1.54, 1.807) is 23.1 Å². The number of rotatable bonds is 4. The zero-order valence-electron chi connectivity index (χ0n) is 15.4. The van der Waals surface area contributed by atoms with Crippen LogP contribution in [0, 0.1) is 5.92 Å². The molecule has 2 heterocycles. The van der Waals surface area contributed by atoms with Gasteiger partial charge in [-0.3, -0.25) is 9.59 Å². The fourth-order valence-electron chi connectivity index (χ4n) is 3.39. The number of ether oxygens (including phenoxy) is 2. The molecule has 0 aromatic heterocycles. The molecular weight excluding hydrogens is 344 g/mol. The first-order chi connectivity index (χ1) is 13.0. The molecule has 27 heavy (non-hydrogen) atoms. The van der Waals surface area contributed by atoms with E-state index in [0.717, 1.165) is 5.69 Å². The quantitative estimate of drug-likeness (QED) is 0.899. The molecule has 0 radical (unpaired) electrons. The zero-order chi connectivity index (χ0) is 19.0. The number of nitrogens with zero attached hydrogens (tertiary/aromatic N) is 1. The number of anilines is 2. The highest BCUT2D eigenvalue weighted by molar-refractivity contribution is 6.03. The fraction of sp³-hybridized carbons (Fsp3) is 0.333. The first-order valence-corrected chi connectivity index (χ1v) is 9.12. The fourth-order valence-corrected chi connectivity index (χ4v) is 3.39. The van der Waals surface area contributed by atoms with Gasteiger partial charge in [-0.1, -0.05) is 26.0 Å². The molecule has 0 saturated carbocycles. The molecule has 0 spiro atoms. The highest BCUT2D eigenvalue weighted by Gasteiger charge is 2.35. The summed E-state index contributed by atoms with van der Waals surface area (Å²) in [6.07, 6.45) is 0.211. The average molecular weight is 366 g/mol. The maximum absolute atomic E-state index is 12.6. The monoisotopic (exact) mass is 366 g/mol. The second kappa shape index (κ2) is 6.95. The third-order valence-electron chi connectivity index (χ3n) is 5.01. The molecule has 2 aliphatic heterocycles. The van der Waals surface area contributed by atoms with Crippen LogP contribution in [0.15, 0.2) is 42.5 Å². The molecule has 0 aliphatic carbocycles. The Labute approximate surface area is 158 Å². The first kappa shape index (κ1) is 17.4. The molecule has 1 fully saturated rings. The minimum atomic E-state index is -0.382. The molecule has 0 bridgehead atoms. The summed E-state index contributed by atoms with van der Waals surface area (Å²) in [4.78, 5) is 26.7. The van der Waals surface area contributed by atoms with Crippen LogP contribution in [0.2, 0.25) is 0 Å². The predicted octanol–water partition coefficient (Wildman–Crippen LogP) is 3.53. The van der Waals surface area contributed by atoms with Crippen LogP contribution in [-0.4, -0.2) is 25.2 Å². The van der Waals surface area contributed by atoms with Gasteiger partial charge in [-0.25, -0.2) is 0 Å². The summed E-state index contributed by atoms with van der Waals surface area (Å²) >= 11 is 0. The van der Waals surface area contributed by atoms with Gasteiger partial charge in [-0.15, -0.1) is 0 Å². The normalized spacial score (nSPS) is 18.3. The largest absolute Gasteiger partial charge is 0.454 e. The first-order valence-electron chi connectivity index (χ1n) is 9.12. The van der Waals surface area contributed by atoms with Crippen molar-refractivity contribution in [1.82, 2.24) is 0 Å². The summed E-state index contributed by atoms with van der Waals surface area (Å²) in [7, 11) is 0. The van der Waals surface area contributed by atoms with Crippen LogP contribution in [0.3, 0.4) is 0 Å². The number of amides is 2. The van der Waals surface area contributed by atoms with Gasteiger partial charge in [-0.05, 0) is 35.7 Å². The minimum absolute atomic E-state index is 0.0295. The van der Waals surface area contributed by atoms with E-state index >= 15 is 0 Å². The number of carbonyl (C=O) groups excluding carboxylic acids is 2. The van der Waals surface area contributed by atoms with Crippen molar-refractivity contribution in [2.75, 3.05) is 23.6 Å². The van der Waals surface area contributed by atoms with Gasteiger partial charge >= 0.3 is 0 Å². The lowest BCUT2D eigenvalue weighted by atomic mass is 10.0. The van der Waals surface area contributed by atoms with Crippen LogP contribution in [0.4, 0.5) is 11.4 Å². The Balaban J connectivity index is 1.43. The smallest absolute Gasteiger partial charge is 0.231 e. The van der Waals surface area contributed by atoms with Crippen LogP contribution < -0.4 is 19.7 Å².